The van der Waals surface area contributed by atoms with Crippen LogP contribution in [-0.2, 0) is 4.79 Å². The number of hydrogen-bond donors (Lipinski definition) is 2. The van der Waals surface area contributed by atoms with Crippen LogP contribution in [0.1, 0.15) is 30.1 Å². The van der Waals surface area contributed by atoms with Crippen molar-refractivity contribution in [2.75, 3.05) is 25.0 Å². The quantitative estimate of drug-likeness (QED) is 0.894. The van der Waals surface area contributed by atoms with Crippen molar-refractivity contribution in [2.45, 2.75) is 19.8 Å². The molecular weight excluding hydrogens is 290 g/mol. The smallest absolute Gasteiger partial charge is 0.250 e. The summed E-state index contributed by atoms with van der Waals surface area (Å²) in [4.78, 5) is 25.4. The summed E-state index contributed by atoms with van der Waals surface area (Å²) in [5.74, 6) is 0.00498. The number of carbonyl (C=O) groups excluding carboxylic acids is 2. The molecule has 2 amide bonds. The van der Waals surface area contributed by atoms with Crippen molar-refractivity contribution < 1.29 is 9.59 Å². The van der Waals surface area contributed by atoms with Gasteiger partial charge in [-0.15, -0.1) is 0 Å². The molecule has 1 aliphatic heterocycles. The number of halogens is 1. The number of amides is 2. The highest BCUT2D eigenvalue weighted by atomic mass is 35.5. The maximum Gasteiger partial charge on any atom is 0.250 e. The molecule has 1 heterocycles. The summed E-state index contributed by atoms with van der Waals surface area (Å²) in [6.07, 6.45) is 2.21. The Balaban J connectivity index is 1.99. The van der Waals surface area contributed by atoms with Crippen LogP contribution >= 0.6 is 11.6 Å². The topological polar surface area (TPSA) is 75.4 Å². The molecule has 0 spiro atoms. The molecule has 21 heavy (non-hydrogen) atoms. The summed E-state index contributed by atoms with van der Waals surface area (Å²) in [5, 5.41) is 3.42. The number of likely N-dealkylation sites (tertiary alicyclic amines) is 1. The van der Waals surface area contributed by atoms with E-state index in [0.29, 0.717) is 22.2 Å². The van der Waals surface area contributed by atoms with E-state index in [1.165, 1.54) is 12.5 Å². The van der Waals surface area contributed by atoms with Crippen LogP contribution in [0.2, 0.25) is 5.02 Å². The molecule has 0 aliphatic carbocycles. The highest BCUT2D eigenvalue weighted by molar-refractivity contribution is 6.31. The molecule has 0 bridgehead atoms. The van der Waals surface area contributed by atoms with Gasteiger partial charge in [0.2, 0.25) is 5.91 Å². The molecule has 3 N–H and O–H groups in total. The maximum atomic E-state index is 12.2. The molecule has 1 fully saturated rings. The van der Waals surface area contributed by atoms with E-state index in [2.05, 4.69) is 12.2 Å². The van der Waals surface area contributed by atoms with Gasteiger partial charge < -0.3 is 16.0 Å². The number of nitrogens with two attached hydrogens (primary N) is 1. The molecule has 1 unspecified atom stereocenters. The third-order valence-corrected chi connectivity index (χ3v) is 3.92. The van der Waals surface area contributed by atoms with Gasteiger partial charge in [-0.05, 0) is 37.0 Å². The number of nitrogens with zero attached hydrogens (tertiary/aromatic N) is 1. The maximum absolute atomic E-state index is 12.2. The van der Waals surface area contributed by atoms with Gasteiger partial charge in [0.05, 0.1) is 12.1 Å². The van der Waals surface area contributed by atoms with Gasteiger partial charge in [0.25, 0.3) is 5.91 Å². The van der Waals surface area contributed by atoms with Gasteiger partial charge in [-0.1, -0.05) is 18.5 Å². The van der Waals surface area contributed by atoms with Crippen molar-refractivity contribution in [1.29, 1.82) is 0 Å². The summed E-state index contributed by atoms with van der Waals surface area (Å²) < 4.78 is 0. The number of rotatable bonds is 4. The van der Waals surface area contributed by atoms with Crippen molar-refractivity contribution in [3.05, 3.63) is 28.8 Å². The van der Waals surface area contributed by atoms with Crippen LogP contribution < -0.4 is 11.1 Å². The second-order valence-electron chi connectivity index (χ2n) is 5.49. The molecule has 1 saturated heterocycles. The molecule has 5 nitrogen and oxygen atoms in total. The molecule has 1 aliphatic rings. The van der Waals surface area contributed by atoms with E-state index >= 15 is 0 Å². The zero-order valence-electron chi connectivity index (χ0n) is 12.1. The summed E-state index contributed by atoms with van der Waals surface area (Å²) >= 11 is 5.85. The van der Waals surface area contributed by atoms with Gasteiger partial charge in [-0.3, -0.25) is 9.59 Å². The average Bonchev–Trinajstić information content (AvgIpc) is 2.45. The van der Waals surface area contributed by atoms with Crippen molar-refractivity contribution in [1.82, 2.24) is 4.90 Å². The lowest BCUT2D eigenvalue weighted by Gasteiger charge is -2.31. The number of primary amides is 1. The minimum absolute atomic E-state index is 0.0342. The third-order valence-electron chi connectivity index (χ3n) is 3.69. The van der Waals surface area contributed by atoms with Crippen LogP contribution in [0.4, 0.5) is 5.69 Å². The average molecular weight is 310 g/mol. The zero-order valence-corrected chi connectivity index (χ0v) is 12.8. The second-order valence-corrected chi connectivity index (χ2v) is 5.93. The molecule has 6 heteroatoms. The van der Waals surface area contributed by atoms with Crippen LogP contribution in [0, 0.1) is 5.92 Å². The van der Waals surface area contributed by atoms with Crippen LogP contribution in [0.25, 0.3) is 0 Å². The zero-order chi connectivity index (χ0) is 15.4. The van der Waals surface area contributed by atoms with Crippen molar-refractivity contribution in [2.24, 2.45) is 11.7 Å². The van der Waals surface area contributed by atoms with E-state index in [9.17, 15) is 9.59 Å². The second kappa shape index (κ2) is 6.80. The Morgan fingerprint density at radius 3 is 2.90 bits per heavy atom. The van der Waals surface area contributed by atoms with Gasteiger partial charge in [0.15, 0.2) is 0 Å². The van der Waals surface area contributed by atoms with E-state index in [-0.39, 0.29) is 12.5 Å². The molecule has 0 saturated carbocycles. The number of hydrogen-bond acceptors (Lipinski definition) is 3. The predicted octanol–water partition coefficient (Wildman–Crippen LogP) is 2.11. The predicted molar refractivity (Wildman–Crippen MR) is 83.4 cm³/mol. The number of nitrogens with one attached hydrogen (secondary N) is 1. The Kier molecular flexibility index (Phi) is 5.07. The van der Waals surface area contributed by atoms with Crippen molar-refractivity contribution in [3.63, 3.8) is 0 Å². The van der Waals surface area contributed by atoms with Gasteiger partial charge in [0, 0.05) is 23.8 Å². The summed E-state index contributed by atoms with van der Waals surface area (Å²) in [6.45, 7) is 3.89. The van der Waals surface area contributed by atoms with Gasteiger partial charge in [0.1, 0.15) is 0 Å². The molecule has 0 radical (unpaired) electrons. The largest absolute Gasteiger partial charge is 0.376 e. The lowest BCUT2D eigenvalue weighted by molar-refractivity contribution is -0.130. The molecular formula is C15H20ClN3O2. The van der Waals surface area contributed by atoms with E-state index in [4.69, 9.17) is 17.3 Å². The fourth-order valence-corrected chi connectivity index (χ4v) is 2.75. The summed E-state index contributed by atoms with van der Waals surface area (Å²) in [5.41, 5.74) is 6.14. The first kappa shape index (κ1) is 15.6. The lowest BCUT2D eigenvalue weighted by Crippen LogP contribution is -2.42. The fourth-order valence-electron chi connectivity index (χ4n) is 2.57. The van der Waals surface area contributed by atoms with Gasteiger partial charge in [-0.25, -0.2) is 0 Å². The number of piperidine rings is 1. The molecule has 0 aromatic heterocycles. The van der Waals surface area contributed by atoms with E-state index in [1.807, 2.05) is 4.90 Å². The Bertz CT molecular complexity index is 548. The standard InChI is InChI=1S/C15H20ClN3O2/c1-10-3-2-6-19(9-10)14(20)8-18-13-5-4-11(16)7-12(13)15(17)21/h4-5,7,10,18H,2-3,6,8-9H2,1H3,(H2,17,21). The minimum Gasteiger partial charge on any atom is -0.376 e. The first-order valence-corrected chi connectivity index (χ1v) is 7.46. The highest BCUT2D eigenvalue weighted by Gasteiger charge is 2.21. The molecule has 114 valence electrons. The van der Waals surface area contributed by atoms with Crippen molar-refractivity contribution in [3.8, 4) is 0 Å². The van der Waals surface area contributed by atoms with Crippen LogP contribution in [0.3, 0.4) is 0 Å². The molecule has 1 aromatic carbocycles. The van der Waals surface area contributed by atoms with Gasteiger partial charge in [-0.2, -0.15) is 0 Å². The van der Waals surface area contributed by atoms with E-state index in [1.54, 1.807) is 12.1 Å². The van der Waals surface area contributed by atoms with Gasteiger partial charge >= 0.3 is 0 Å². The van der Waals surface area contributed by atoms with E-state index in [0.717, 1.165) is 19.5 Å². The molecule has 2 rings (SSSR count). The summed E-state index contributed by atoms with van der Waals surface area (Å²) in [7, 11) is 0. The molecule has 1 atom stereocenters. The first-order chi connectivity index (χ1) is 9.97. The van der Waals surface area contributed by atoms with Crippen LogP contribution in [0.5, 0.6) is 0 Å². The fraction of sp³-hybridized carbons (Fsp3) is 0.467. The van der Waals surface area contributed by atoms with E-state index < -0.39 is 5.91 Å². The Morgan fingerprint density at radius 2 is 2.24 bits per heavy atom. The number of benzene rings is 1. The Hall–Kier alpha value is -1.75. The van der Waals surface area contributed by atoms with Crippen molar-refractivity contribution >= 4 is 29.1 Å². The number of anilines is 1. The Labute approximate surface area is 129 Å². The number of carbonyl (C=O) groups is 2. The van der Waals surface area contributed by atoms with Crippen LogP contribution in [-0.4, -0.2) is 36.3 Å². The normalized spacial score (nSPS) is 18.4. The highest BCUT2D eigenvalue weighted by Crippen LogP contribution is 2.20. The summed E-state index contributed by atoms with van der Waals surface area (Å²) in [6, 6.07) is 4.82. The molecule has 1 aromatic rings. The first-order valence-electron chi connectivity index (χ1n) is 7.08. The Morgan fingerprint density at radius 1 is 1.48 bits per heavy atom. The monoisotopic (exact) mass is 309 g/mol. The third kappa shape index (κ3) is 4.11. The van der Waals surface area contributed by atoms with Crippen LogP contribution in [0.15, 0.2) is 18.2 Å². The lowest BCUT2D eigenvalue weighted by atomic mass is 10.0. The SMILES string of the molecule is CC1CCCN(C(=O)CNc2ccc(Cl)cc2C(N)=O)C1. The minimum atomic E-state index is -0.570.